The van der Waals surface area contributed by atoms with E-state index in [1.165, 1.54) is 7.11 Å². The van der Waals surface area contributed by atoms with E-state index in [9.17, 15) is 4.79 Å². The molecule has 0 bridgehead atoms. The summed E-state index contributed by atoms with van der Waals surface area (Å²) in [6, 6.07) is 5.81. The van der Waals surface area contributed by atoms with E-state index >= 15 is 0 Å². The fourth-order valence-electron chi connectivity index (χ4n) is 1.33. The summed E-state index contributed by atoms with van der Waals surface area (Å²) in [4.78, 5) is 10.9. The van der Waals surface area contributed by atoms with E-state index in [2.05, 4.69) is 10.1 Å². The Morgan fingerprint density at radius 3 is 2.94 bits per heavy atom. The number of halogens is 1. The normalized spacial score (nSPS) is 9.94. The van der Waals surface area contributed by atoms with Gasteiger partial charge in [0.2, 0.25) is 0 Å². The molecule has 0 aliphatic rings. The summed E-state index contributed by atoms with van der Waals surface area (Å²) >= 11 is 6.01. The summed E-state index contributed by atoms with van der Waals surface area (Å²) in [5.74, 6) is -0.183. The van der Waals surface area contributed by atoms with Crippen molar-refractivity contribution >= 4 is 23.3 Å². The van der Waals surface area contributed by atoms with Crippen molar-refractivity contribution in [3.8, 4) is 0 Å². The Bertz CT molecular complexity index is 366. The van der Waals surface area contributed by atoms with E-state index in [0.717, 1.165) is 17.7 Å². The number of hydrogen-bond donors (Lipinski definition) is 1. The number of hydrogen-bond acceptors (Lipinski definition) is 3. The Morgan fingerprint density at radius 1 is 1.50 bits per heavy atom. The van der Waals surface area contributed by atoms with Crippen molar-refractivity contribution in [3.63, 3.8) is 0 Å². The zero-order valence-electron chi connectivity index (χ0n) is 9.55. The second-order valence-electron chi connectivity index (χ2n) is 3.59. The first-order valence-corrected chi connectivity index (χ1v) is 5.58. The van der Waals surface area contributed by atoms with Crippen LogP contribution in [-0.2, 0) is 9.53 Å². The first-order valence-electron chi connectivity index (χ1n) is 5.20. The Labute approximate surface area is 101 Å². The lowest BCUT2D eigenvalue weighted by Gasteiger charge is -2.08. The van der Waals surface area contributed by atoms with Gasteiger partial charge in [-0.2, -0.15) is 0 Å². The molecule has 0 aliphatic carbocycles. The average molecular weight is 242 g/mol. The van der Waals surface area contributed by atoms with Crippen molar-refractivity contribution in [3.05, 3.63) is 28.8 Å². The van der Waals surface area contributed by atoms with Gasteiger partial charge in [0.15, 0.2) is 0 Å². The van der Waals surface area contributed by atoms with E-state index in [-0.39, 0.29) is 5.97 Å². The van der Waals surface area contributed by atoms with Crippen molar-refractivity contribution in [1.29, 1.82) is 0 Å². The van der Waals surface area contributed by atoms with Crippen molar-refractivity contribution < 1.29 is 9.53 Å². The molecule has 4 heteroatoms. The Hall–Kier alpha value is -1.22. The van der Waals surface area contributed by atoms with Gasteiger partial charge in [-0.25, -0.2) is 0 Å². The van der Waals surface area contributed by atoms with Gasteiger partial charge in [0.05, 0.1) is 17.8 Å². The molecular formula is C12H16ClNO2. The zero-order chi connectivity index (χ0) is 12.0. The summed E-state index contributed by atoms with van der Waals surface area (Å²) in [6.45, 7) is 2.72. The van der Waals surface area contributed by atoms with Crippen LogP contribution >= 0.6 is 11.6 Å². The number of nitrogens with one attached hydrogen (secondary N) is 1. The molecular weight excluding hydrogens is 226 g/mol. The molecule has 1 aromatic rings. The molecule has 88 valence electrons. The number of methoxy groups -OCH3 is 1. The van der Waals surface area contributed by atoms with Crippen LogP contribution < -0.4 is 5.32 Å². The lowest BCUT2D eigenvalue weighted by Crippen LogP contribution is -2.06. The van der Waals surface area contributed by atoms with E-state index in [0.29, 0.717) is 18.0 Å². The van der Waals surface area contributed by atoms with Gasteiger partial charge in [-0.3, -0.25) is 4.79 Å². The molecule has 0 spiro atoms. The molecule has 0 amide bonds. The highest BCUT2D eigenvalue weighted by Gasteiger charge is 2.01. The molecule has 0 saturated heterocycles. The van der Waals surface area contributed by atoms with Crippen LogP contribution in [0.15, 0.2) is 18.2 Å². The maximum atomic E-state index is 10.9. The molecule has 1 aromatic carbocycles. The van der Waals surface area contributed by atoms with Crippen LogP contribution in [0.5, 0.6) is 0 Å². The lowest BCUT2D eigenvalue weighted by molar-refractivity contribution is -0.140. The highest BCUT2D eigenvalue weighted by atomic mass is 35.5. The standard InChI is InChI=1S/C12H16ClNO2/c1-9-5-6-10(13)11(8-9)14-7-3-4-12(15)16-2/h5-6,8,14H,3-4,7H2,1-2H3. The smallest absolute Gasteiger partial charge is 0.305 e. The number of esters is 1. The average Bonchev–Trinajstić information content (AvgIpc) is 2.28. The number of benzene rings is 1. The third-order valence-corrected chi connectivity index (χ3v) is 2.55. The third kappa shape index (κ3) is 4.11. The molecule has 16 heavy (non-hydrogen) atoms. The molecule has 0 saturated carbocycles. The molecule has 0 heterocycles. The van der Waals surface area contributed by atoms with Crippen LogP contribution in [0.4, 0.5) is 5.69 Å². The molecule has 0 unspecified atom stereocenters. The fourth-order valence-corrected chi connectivity index (χ4v) is 1.52. The van der Waals surface area contributed by atoms with E-state index < -0.39 is 0 Å². The maximum absolute atomic E-state index is 10.9. The second kappa shape index (κ2) is 6.38. The number of aryl methyl sites for hydroxylation is 1. The second-order valence-corrected chi connectivity index (χ2v) is 4.00. The fraction of sp³-hybridized carbons (Fsp3) is 0.417. The van der Waals surface area contributed by atoms with Crippen LogP contribution in [0.3, 0.4) is 0 Å². The predicted octanol–water partition coefficient (Wildman–Crippen LogP) is 3.01. The number of ether oxygens (including phenoxy) is 1. The van der Waals surface area contributed by atoms with Gasteiger partial charge in [0.1, 0.15) is 0 Å². The van der Waals surface area contributed by atoms with Crippen molar-refractivity contribution in [1.82, 2.24) is 0 Å². The minimum absolute atomic E-state index is 0.183. The number of anilines is 1. The van der Waals surface area contributed by atoms with Crippen LogP contribution in [0.1, 0.15) is 18.4 Å². The zero-order valence-corrected chi connectivity index (χ0v) is 10.3. The minimum atomic E-state index is -0.183. The Kier molecular flexibility index (Phi) is 5.12. The third-order valence-electron chi connectivity index (χ3n) is 2.22. The van der Waals surface area contributed by atoms with Crippen LogP contribution in [-0.4, -0.2) is 19.6 Å². The van der Waals surface area contributed by atoms with Crippen molar-refractivity contribution in [2.24, 2.45) is 0 Å². The SMILES string of the molecule is COC(=O)CCCNc1cc(C)ccc1Cl. The predicted molar refractivity (Wildman–Crippen MR) is 65.9 cm³/mol. The van der Waals surface area contributed by atoms with Crippen LogP contribution in [0, 0.1) is 6.92 Å². The number of carbonyl (C=O) groups excluding carboxylic acids is 1. The van der Waals surface area contributed by atoms with Crippen molar-refractivity contribution in [2.75, 3.05) is 19.0 Å². The van der Waals surface area contributed by atoms with E-state index in [4.69, 9.17) is 11.6 Å². The molecule has 1 rings (SSSR count). The number of rotatable bonds is 5. The molecule has 0 atom stereocenters. The van der Waals surface area contributed by atoms with Gasteiger partial charge in [-0.1, -0.05) is 17.7 Å². The quantitative estimate of drug-likeness (QED) is 0.636. The Morgan fingerprint density at radius 2 is 2.25 bits per heavy atom. The topological polar surface area (TPSA) is 38.3 Å². The van der Waals surface area contributed by atoms with Gasteiger partial charge < -0.3 is 10.1 Å². The van der Waals surface area contributed by atoms with Crippen LogP contribution in [0.2, 0.25) is 5.02 Å². The van der Waals surface area contributed by atoms with E-state index in [1.54, 1.807) is 0 Å². The number of carbonyl (C=O) groups is 1. The Balaban J connectivity index is 2.37. The van der Waals surface area contributed by atoms with Gasteiger partial charge >= 0.3 is 5.97 Å². The highest BCUT2D eigenvalue weighted by Crippen LogP contribution is 2.22. The van der Waals surface area contributed by atoms with Crippen LogP contribution in [0.25, 0.3) is 0 Å². The molecule has 0 fully saturated rings. The first-order chi connectivity index (χ1) is 7.63. The monoisotopic (exact) mass is 241 g/mol. The van der Waals surface area contributed by atoms with Gasteiger partial charge in [-0.15, -0.1) is 0 Å². The van der Waals surface area contributed by atoms with Crippen molar-refractivity contribution in [2.45, 2.75) is 19.8 Å². The maximum Gasteiger partial charge on any atom is 0.305 e. The molecule has 0 aliphatic heterocycles. The summed E-state index contributed by atoms with van der Waals surface area (Å²) in [5.41, 5.74) is 2.06. The molecule has 0 radical (unpaired) electrons. The minimum Gasteiger partial charge on any atom is -0.469 e. The molecule has 1 N–H and O–H groups in total. The summed E-state index contributed by atoms with van der Waals surface area (Å²) in [5, 5.41) is 3.89. The largest absolute Gasteiger partial charge is 0.469 e. The van der Waals surface area contributed by atoms with Gasteiger partial charge in [-0.05, 0) is 31.0 Å². The van der Waals surface area contributed by atoms with E-state index in [1.807, 2.05) is 25.1 Å². The van der Waals surface area contributed by atoms with Gasteiger partial charge in [0, 0.05) is 13.0 Å². The van der Waals surface area contributed by atoms with Gasteiger partial charge in [0.25, 0.3) is 0 Å². The highest BCUT2D eigenvalue weighted by molar-refractivity contribution is 6.33. The molecule has 3 nitrogen and oxygen atoms in total. The summed E-state index contributed by atoms with van der Waals surface area (Å²) in [6.07, 6.45) is 1.16. The lowest BCUT2D eigenvalue weighted by atomic mass is 10.2. The first kappa shape index (κ1) is 12.8. The summed E-state index contributed by atoms with van der Waals surface area (Å²) in [7, 11) is 1.40. The molecule has 0 aromatic heterocycles. The summed E-state index contributed by atoms with van der Waals surface area (Å²) < 4.78 is 4.55.